The van der Waals surface area contributed by atoms with E-state index in [1.165, 1.54) is 19.0 Å². The van der Waals surface area contributed by atoms with Gasteiger partial charge >= 0.3 is 0 Å². The van der Waals surface area contributed by atoms with E-state index in [1.807, 2.05) is 6.07 Å². The molecule has 2 unspecified atom stereocenters. The van der Waals surface area contributed by atoms with Crippen LogP contribution in [-0.4, -0.2) is 31.1 Å². The van der Waals surface area contributed by atoms with Crippen molar-refractivity contribution < 1.29 is 4.39 Å². The van der Waals surface area contributed by atoms with Crippen molar-refractivity contribution in [3.05, 3.63) is 34.6 Å². The van der Waals surface area contributed by atoms with E-state index in [2.05, 4.69) is 10.2 Å². The Morgan fingerprint density at radius 2 is 2.11 bits per heavy atom. The summed E-state index contributed by atoms with van der Waals surface area (Å²) in [7, 11) is 0. The minimum atomic E-state index is -0.241. The van der Waals surface area contributed by atoms with E-state index in [0.717, 1.165) is 43.6 Å². The molecule has 2 aliphatic rings. The van der Waals surface area contributed by atoms with Crippen LogP contribution in [0.1, 0.15) is 12.0 Å². The third-order valence-corrected chi connectivity index (χ3v) is 4.34. The molecule has 4 heteroatoms. The molecule has 18 heavy (non-hydrogen) atoms. The van der Waals surface area contributed by atoms with Crippen LogP contribution < -0.4 is 5.32 Å². The third kappa shape index (κ3) is 2.68. The van der Waals surface area contributed by atoms with Gasteiger partial charge in [0.05, 0.1) is 0 Å². The number of rotatable bonds is 2. The van der Waals surface area contributed by atoms with Crippen LogP contribution in [0.5, 0.6) is 0 Å². The van der Waals surface area contributed by atoms with Crippen LogP contribution in [0.2, 0.25) is 5.02 Å². The second-order valence-electron chi connectivity index (χ2n) is 5.48. The first-order valence-electron chi connectivity index (χ1n) is 6.59. The Bertz CT molecular complexity index is 418. The molecular weight excluding hydrogens is 251 g/mol. The number of halogens is 2. The fourth-order valence-corrected chi connectivity index (χ4v) is 3.46. The second kappa shape index (κ2) is 5.16. The van der Waals surface area contributed by atoms with Gasteiger partial charge in [0.1, 0.15) is 5.82 Å². The van der Waals surface area contributed by atoms with E-state index in [9.17, 15) is 4.39 Å². The van der Waals surface area contributed by atoms with Gasteiger partial charge < -0.3 is 5.32 Å². The lowest BCUT2D eigenvalue weighted by atomic mass is 9.88. The van der Waals surface area contributed by atoms with Gasteiger partial charge in [0, 0.05) is 18.1 Å². The lowest BCUT2D eigenvalue weighted by Crippen LogP contribution is -2.39. The van der Waals surface area contributed by atoms with Crippen LogP contribution in [0, 0.1) is 17.7 Å². The van der Waals surface area contributed by atoms with Gasteiger partial charge in [0.2, 0.25) is 0 Å². The molecule has 0 saturated carbocycles. The number of hydrogen-bond donors (Lipinski definition) is 1. The standard InChI is InChI=1S/C14H18ClFN2/c15-13-3-10(4-14(16)5-13)8-18-2-1-11-6-17-7-12(11)9-18/h3-5,11-12,17H,1-2,6-9H2. The predicted molar refractivity (Wildman–Crippen MR) is 71.2 cm³/mol. The van der Waals surface area contributed by atoms with Crippen molar-refractivity contribution in [1.82, 2.24) is 10.2 Å². The van der Waals surface area contributed by atoms with E-state index in [0.29, 0.717) is 5.02 Å². The third-order valence-electron chi connectivity index (χ3n) is 4.12. The van der Waals surface area contributed by atoms with Crippen molar-refractivity contribution in [2.75, 3.05) is 26.2 Å². The summed E-state index contributed by atoms with van der Waals surface area (Å²) in [6.45, 7) is 5.33. The second-order valence-corrected chi connectivity index (χ2v) is 5.92. The first-order valence-corrected chi connectivity index (χ1v) is 6.96. The van der Waals surface area contributed by atoms with Crippen LogP contribution in [0.15, 0.2) is 18.2 Å². The highest BCUT2D eigenvalue weighted by Crippen LogP contribution is 2.27. The Hall–Kier alpha value is -0.640. The molecule has 2 fully saturated rings. The van der Waals surface area contributed by atoms with Crippen LogP contribution in [0.4, 0.5) is 4.39 Å². The normalized spacial score (nSPS) is 28.3. The molecule has 1 aromatic rings. The maximum Gasteiger partial charge on any atom is 0.125 e. The van der Waals surface area contributed by atoms with E-state index >= 15 is 0 Å². The van der Waals surface area contributed by atoms with Crippen molar-refractivity contribution in [2.24, 2.45) is 11.8 Å². The number of piperidine rings is 1. The van der Waals surface area contributed by atoms with Gasteiger partial charge in [-0.3, -0.25) is 4.90 Å². The smallest absolute Gasteiger partial charge is 0.125 e. The summed E-state index contributed by atoms with van der Waals surface area (Å²) in [6.07, 6.45) is 1.25. The SMILES string of the molecule is Fc1cc(Cl)cc(CN2CCC3CNCC3C2)c1. The summed E-state index contributed by atoms with van der Waals surface area (Å²) < 4.78 is 13.3. The highest BCUT2D eigenvalue weighted by Gasteiger charge is 2.32. The fourth-order valence-electron chi connectivity index (χ4n) is 3.21. The lowest BCUT2D eigenvalue weighted by Gasteiger charge is -2.34. The summed E-state index contributed by atoms with van der Waals surface area (Å²) in [5.41, 5.74) is 0.976. The first-order chi connectivity index (χ1) is 8.70. The molecule has 0 amide bonds. The topological polar surface area (TPSA) is 15.3 Å². The number of benzene rings is 1. The van der Waals surface area contributed by atoms with Gasteiger partial charge in [-0.25, -0.2) is 4.39 Å². The maximum atomic E-state index is 13.3. The molecule has 2 aliphatic heterocycles. The molecule has 0 aliphatic carbocycles. The Balaban J connectivity index is 1.65. The van der Waals surface area contributed by atoms with Crippen LogP contribution in [0.3, 0.4) is 0 Å². The zero-order valence-electron chi connectivity index (χ0n) is 10.3. The van der Waals surface area contributed by atoms with Crippen LogP contribution in [0.25, 0.3) is 0 Å². The summed E-state index contributed by atoms with van der Waals surface area (Å²) >= 11 is 5.89. The van der Waals surface area contributed by atoms with Gasteiger partial charge in [0.25, 0.3) is 0 Å². The molecule has 1 aromatic carbocycles. The van der Waals surface area contributed by atoms with Gasteiger partial charge in [-0.1, -0.05) is 11.6 Å². The van der Waals surface area contributed by atoms with Gasteiger partial charge in [-0.2, -0.15) is 0 Å². The Kier molecular flexibility index (Phi) is 3.55. The maximum absolute atomic E-state index is 13.3. The monoisotopic (exact) mass is 268 g/mol. The Labute approximate surface area is 112 Å². The molecule has 2 saturated heterocycles. The lowest BCUT2D eigenvalue weighted by molar-refractivity contribution is 0.142. The molecular formula is C14H18ClFN2. The molecule has 1 N–H and O–H groups in total. The summed E-state index contributed by atoms with van der Waals surface area (Å²) in [4.78, 5) is 2.42. The molecule has 3 rings (SSSR count). The molecule has 2 heterocycles. The van der Waals surface area contributed by atoms with Crippen molar-refractivity contribution >= 4 is 11.6 Å². The highest BCUT2D eigenvalue weighted by molar-refractivity contribution is 6.30. The van der Waals surface area contributed by atoms with Crippen molar-refractivity contribution in [2.45, 2.75) is 13.0 Å². The summed E-state index contributed by atoms with van der Waals surface area (Å²) in [6, 6.07) is 4.81. The molecule has 2 nitrogen and oxygen atoms in total. The summed E-state index contributed by atoms with van der Waals surface area (Å²) in [5.74, 6) is 1.37. The minimum absolute atomic E-state index is 0.241. The Morgan fingerprint density at radius 1 is 1.28 bits per heavy atom. The van der Waals surface area contributed by atoms with Crippen LogP contribution in [-0.2, 0) is 6.54 Å². The minimum Gasteiger partial charge on any atom is -0.316 e. The number of nitrogens with one attached hydrogen (secondary N) is 1. The fraction of sp³-hybridized carbons (Fsp3) is 0.571. The molecule has 0 spiro atoms. The van der Waals surface area contributed by atoms with E-state index in [4.69, 9.17) is 11.6 Å². The molecule has 0 bridgehead atoms. The largest absolute Gasteiger partial charge is 0.316 e. The zero-order valence-corrected chi connectivity index (χ0v) is 11.1. The van der Waals surface area contributed by atoms with Gasteiger partial charge in [-0.15, -0.1) is 0 Å². The molecule has 0 aromatic heterocycles. The van der Waals surface area contributed by atoms with Gasteiger partial charge in [-0.05, 0) is 61.7 Å². The van der Waals surface area contributed by atoms with E-state index in [-0.39, 0.29) is 5.82 Å². The van der Waals surface area contributed by atoms with Crippen molar-refractivity contribution in [3.63, 3.8) is 0 Å². The molecule has 2 atom stereocenters. The number of likely N-dealkylation sites (tertiary alicyclic amines) is 1. The quantitative estimate of drug-likeness (QED) is 0.887. The van der Waals surface area contributed by atoms with E-state index in [1.54, 1.807) is 6.07 Å². The van der Waals surface area contributed by atoms with Gasteiger partial charge in [0.15, 0.2) is 0 Å². The van der Waals surface area contributed by atoms with Crippen molar-refractivity contribution in [3.8, 4) is 0 Å². The average molecular weight is 269 g/mol. The average Bonchev–Trinajstić information content (AvgIpc) is 2.74. The predicted octanol–water partition coefficient (Wildman–Crippen LogP) is 2.52. The first kappa shape index (κ1) is 12.4. The summed E-state index contributed by atoms with van der Waals surface area (Å²) in [5, 5.41) is 3.95. The number of nitrogens with zero attached hydrogens (tertiary/aromatic N) is 1. The highest BCUT2D eigenvalue weighted by atomic mass is 35.5. The number of fused-ring (bicyclic) bond motifs is 1. The zero-order chi connectivity index (χ0) is 12.5. The van der Waals surface area contributed by atoms with E-state index < -0.39 is 0 Å². The molecule has 0 radical (unpaired) electrons. The van der Waals surface area contributed by atoms with Crippen molar-refractivity contribution in [1.29, 1.82) is 0 Å². The van der Waals surface area contributed by atoms with Crippen LogP contribution >= 0.6 is 11.6 Å². The molecule has 98 valence electrons. The number of hydrogen-bond acceptors (Lipinski definition) is 2. The Morgan fingerprint density at radius 3 is 2.94 bits per heavy atom.